The van der Waals surface area contributed by atoms with Gasteiger partial charge in [0.05, 0.1) is 26.4 Å². The van der Waals surface area contributed by atoms with Gasteiger partial charge in [0.25, 0.3) is 0 Å². The monoisotopic (exact) mass is 808 g/mol. The molecule has 0 fully saturated rings. The van der Waals surface area contributed by atoms with Gasteiger partial charge in [0.15, 0.2) is 0 Å². The fraction of sp³-hybridized carbons (Fsp3) is 0.955. The Morgan fingerprint density at radius 2 is 0.745 bits per heavy atom. The number of unbranched alkanes of at least 4 members (excludes halogenated alkanes) is 28. The third-order valence-electron chi connectivity index (χ3n) is 10.7. The van der Waals surface area contributed by atoms with Crippen LogP contribution in [0.25, 0.3) is 0 Å². The van der Waals surface area contributed by atoms with E-state index in [9.17, 15) is 23.1 Å². The average molecular weight is 808 g/mol. The predicted molar refractivity (Wildman–Crippen MR) is 227 cm³/mol. The molecule has 0 radical (unpaired) electrons. The molecule has 11 heteroatoms. The number of aliphatic hydroxyl groups is 1. The van der Waals surface area contributed by atoms with Crippen molar-refractivity contribution in [2.45, 2.75) is 251 Å². The van der Waals surface area contributed by atoms with Crippen LogP contribution >= 0.6 is 0 Å². The van der Waals surface area contributed by atoms with Gasteiger partial charge in [-0.05, 0) is 19.8 Å². The van der Waals surface area contributed by atoms with Gasteiger partial charge >= 0.3 is 22.3 Å². The summed E-state index contributed by atoms with van der Waals surface area (Å²) in [6.45, 7) is 6.54. The van der Waals surface area contributed by atoms with E-state index in [2.05, 4.69) is 18.0 Å². The third kappa shape index (κ3) is 43.7. The van der Waals surface area contributed by atoms with E-state index >= 15 is 0 Å². The molecule has 0 amide bonds. The van der Waals surface area contributed by atoms with E-state index in [1.165, 1.54) is 167 Å². The van der Waals surface area contributed by atoms with Gasteiger partial charge in [-0.25, -0.2) is 0 Å². The number of hydrogen-bond donors (Lipinski definition) is 3. The molecule has 0 aliphatic heterocycles. The molecule has 0 saturated heterocycles. The van der Waals surface area contributed by atoms with E-state index in [4.69, 9.17) is 19.8 Å². The summed E-state index contributed by atoms with van der Waals surface area (Å²) >= 11 is 0. The smallest absolute Gasteiger partial charge is 0.397 e. The van der Waals surface area contributed by atoms with Crippen molar-refractivity contribution in [3.05, 3.63) is 0 Å². The number of nitrogens with two attached hydrogens (primary N) is 1. The molecule has 0 aromatic rings. The first kappa shape index (κ1) is 55.8. The van der Waals surface area contributed by atoms with Gasteiger partial charge in [-0.15, -0.1) is 0 Å². The van der Waals surface area contributed by atoms with E-state index in [1.54, 1.807) is 6.92 Å². The van der Waals surface area contributed by atoms with Gasteiger partial charge in [-0.3, -0.25) is 18.3 Å². The summed E-state index contributed by atoms with van der Waals surface area (Å²) in [6.07, 6.45) is 39.7. The Balaban J connectivity index is 0. The maximum atomic E-state index is 12.2. The van der Waals surface area contributed by atoms with Gasteiger partial charge in [0.1, 0.15) is 0 Å². The van der Waals surface area contributed by atoms with Crippen molar-refractivity contribution in [2.24, 2.45) is 5.73 Å². The summed E-state index contributed by atoms with van der Waals surface area (Å²) < 4.78 is 40.6. The molecule has 0 rings (SSSR count). The van der Waals surface area contributed by atoms with E-state index in [0.29, 0.717) is 25.7 Å². The van der Waals surface area contributed by atoms with Crippen LogP contribution in [0.2, 0.25) is 0 Å². The molecule has 0 bridgehead atoms. The van der Waals surface area contributed by atoms with Crippen LogP contribution in [0.5, 0.6) is 0 Å². The highest BCUT2D eigenvalue weighted by atomic mass is 32.3. The van der Waals surface area contributed by atoms with Crippen molar-refractivity contribution in [2.75, 3.05) is 20.3 Å². The topological polar surface area (TPSA) is 162 Å². The quantitative estimate of drug-likeness (QED) is 0.0308. The first-order valence-electron chi connectivity index (χ1n) is 22.7. The fourth-order valence-electron chi connectivity index (χ4n) is 6.68. The predicted octanol–water partition coefficient (Wildman–Crippen LogP) is 11.9. The number of ether oxygens (including phenoxy) is 2. The van der Waals surface area contributed by atoms with Gasteiger partial charge in [-0.1, -0.05) is 194 Å². The molecule has 0 heterocycles. The van der Waals surface area contributed by atoms with Crippen LogP contribution in [0, 0.1) is 0 Å². The number of carbonyl (C=O) groups excluding carboxylic acids is 2. The standard InChI is InChI=1S/C43H85NO5.CH4O4S/c1-4-6-8-10-12-14-16-18-20-22-24-26-28-30-32-34-41(46)48-38-36-43(44,40(3)45)37-39-49-42(47)35-33-31-29-27-25-23-21-19-17-15-13-11-9-7-5-2;1-5-6(2,3)4/h40,45H,4-39,44H2,1-3H3;1H3,(H,2,3,4). The fourth-order valence-corrected chi connectivity index (χ4v) is 6.68. The molecule has 1 unspecified atom stereocenters. The molecule has 0 aliphatic carbocycles. The van der Waals surface area contributed by atoms with Crippen molar-refractivity contribution < 1.29 is 41.3 Å². The largest absolute Gasteiger partial charge is 0.466 e. The molecule has 0 spiro atoms. The SMILES string of the molecule is CCCCCCCCCCCCCCCCCC(=O)OCCC(N)(CCOC(=O)CCCCCCCCCCCCCCCCC)C(C)O.COS(=O)(=O)O. The van der Waals surface area contributed by atoms with Gasteiger partial charge < -0.3 is 20.3 Å². The van der Waals surface area contributed by atoms with Crippen molar-refractivity contribution in [3.63, 3.8) is 0 Å². The number of esters is 2. The second-order valence-corrected chi connectivity index (χ2v) is 17.0. The minimum absolute atomic E-state index is 0.173. The number of aliphatic hydroxyl groups excluding tert-OH is 1. The zero-order valence-corrected chi connectivity index (χ0v) is 37.1. The van der Waals surface area contributed by atoms with E-state index in [-0.39, 0.29) is 25.2 Å². The highest BCUT2D eigenvalue weighted by molar-refractivity contribution is 7.80. The molecule has 0 aromatic heterocycles. The van der Waals surface area contributed by atoms with Crippen molar-refractivity contribution in [3.8, 4) is 0 Å². The molecular formula is C44H89NO9S. The average Bonchev–Trinajstić information content (AvgIpc) is 3.14. The third-order valence-corrected chi connectivity index (χ3v) is 11.1. The summed E-state index contributed by atoms with van der Waals surface area (Å²) in [5.41, 5.74) is 5.50. The van der Waals surface area contributed by atoms with Crippen molar-refractivity contribution in [1.29, 1.82) is 0 Å². The first-order chi connectivity index (χ1) is 26.4. The normalized spacial score (nSPS) is 12.3. The Morgan fingerprint density at radius 1 is 0.527 bits per heavy atom. The van der Waals surface area contributed by atoms with Gasteiger partial charge in [-0.2, -0.15) is 8.42 Å². The molecule has 0 saturated carbocycles. The summed E-state index contributed by atoms with van der Waals surface area (Å²) in [4.78, 5) is 24.4. The number of rotatable bonds is 40. The van der Waals surface area contributed by atoms with E-state index < -0.39 is 22.0 Å². The number of carbonyl (C=O) groups is 2. The zero-order chi connectivity index (χ0) is 41.3. The second kappa shape index (κ2) is 40.9. The van der Waals surface area contributed by atoms with Crippen LogP contribution in [0.4, 0.5) is 0 Å². The minimum Gasteiger partial charge on any atom is -0.466 e. The molecule has 55 heavy (non-hydrogen) atoms. The lowest BCUT2D eigenvalue weighted by Crippen LogP contribution is -2.51. The van der Waals surface area contributed by atoms with Crippen LogP contribution in [-0.2, 0) is 33.6 Å². The lowest BCUT2D eigenvalue weighted by molar-refractivity contribution is -0.145. The van der Waals surface area contributed by atoms with Crippen LogP contribution in [-0.4, -0.2) is 62.0 Å². The maximum Gasteiger partial charge on any atom is 0.397 e. The summed E-state index contributed by atoms with van der Waals surface area (Å²) in [6, 6.07) is 0. The van der Waals surface area contributed by atoms with Gasteiger partial charge in [0.2, 0.25) is 0 Å². The summed E-state index contributed by atoms with van der Waals surface area (Å²) in [5.74, 6) is -0.393. The lowest BCUT2D eigenvalue weighted by Gasteiger charge is -2.32. The molecular weight excluding hydrogens is 719 g/mol. The van der Waals surface area contributed by atoms with Crippen LogP contribution < -0.4 is 5.73 Å². The molecule has 0 aliphatic rings. The van der Waals surface area contributed by atoms with Crippen LogP contribution in [0.15, 0.2) is 0 Å². The molecule has 0 aromatic carbocycles. The molecule has 330 valence electrons. The lowest BCUT2D eigenvalue weighted by atomic mass is 9.88. The van der Waals surface area contributed by atoms with E-state index in [1.807, 2.05) is 0 Å². The highest BCUT2D eigenvalue weighted by Crippen LogP contribution is 2.19. The van der Waals surface area contributed by atoms with Crippen LogP contribution in [0.3, 0.4) is 0 Å². The minimum atomic E-state index is -4.16. The van der Waals surface area contributed by atoms with Crippen molar-refractivity contribution >= 4 is 22.3 Å². The Hall–Kier alpha value is -1.27. The Morgan fingerprint density at radius 3 is 0.945 bits per heavy atom. The second-order valence-electron chi connectivity index (χ2n) is 15.8. The first-order valence-corrected chi connectivity index (χ1v) is 24.1. The Labute approximate surface area is 339 Å². The van der Waals surface area contributed by atoms with Crippen molar-refractivity contribution in [1.82, 2.24) is 0 Å². The van der Waals surface area contributed by atoms with Gasteiger partial charge in [0, 0.05) is 31.2 Å². The Kier molecular flexibility index (Phi) is 41.5. The Bertz CT molecular complexity index is 894. The summed E-state index contributed by atoms with van der Waals surface area (Å²) in [5, 5.41) is 10.3. The summed E-state index contributed by atoms with van der Waals surface area (Å²) in [7, 11) is -3.29. The zero-order valence-electron chi connectivity index (χ0n) is 36.3. The highest BCUT2D eigenvalue weighted by Gasteiger charge is 2.31. The van der Waals surface area contributed by atoms with E-state index in [0.717, 1.165) is 32.8 Å². The van der Waals surface area contributed by atoms with Crippen LogP contribution in [0.1, 0.15) is 239 Å². The number of hydrogen-bond acceptors (Lipinski definition) is 9. The maximum absolute atomic E-state index is 12.2. The molecule has 1 atom stereocenters. The molecule has 10 nitrogen and oxygen atoms in total. The molecule has 4 N–H and O–H groups in total.